The lowest BCUT2D eigenvalue weighted by atomic mass is 10.4. The molecule has 0 amide bonds. The second-order valence-corrected chi connectivity index (χ2v) is 2.47. The first-order chi connectivity index (χ1) is 5.66. The van der Waals surface area contributed by atoms with E-state index in [0.717, 1.165) is 5.69 Å². The van der Waals surface area contributed by atoms with Gasteiger partial charge >= 0.3 is 5.97 Å². The summed E-state index contributed by atoms with van der Waals surface area (Å²) in [6.07, 6.45) is 1.56. The number of imidazole rings is 1. The summed E-state index contributed by atoms with van der Waals surface area (Å²) >= 11 is 0. The number of nitrogens with zero attached hydrogens (tertiary/aromatic N) is 2. The molecule has 0 aliphatic heterocycles. The van der Waals surface area contributed by atoms with Gasteiger partial charge in [-0.15, -0.1) is 0 Å². The van der Waals surface area contributed by atoms with Gasteiger partial charge in [-0.2, -0.15) is 0 Å². The van der Waals surface area contributed by atoms with Gasteiger partial charge in [-0.1, -0.05) is 0 Å². The molecule has 0 bridgehead atoms. The van der Waals surface area contributed by atoms with Gasteiger partial charge in [0.05, 0.1) is 11.9 Å². The van der Waals surface area contributed by atoms with E-state index in [4.69, 9.17) is 5.11 Å². The SMILES string of the molecule is CNCc1cnc(C(=O)O)n1C. The van der Waals surface area contributed by atoms with Crippen LogP contribution in [0.1, 0.15) is 16.3 Å². The average molecular weight is 169 g/mol. The smallest absolute Gasteiger partial charge is 0.372 e. The summed E-state index contributed by atoms with van der Waals surface area (Å²) in [7, 11) is 3.48. The minimum Gasteiger partial charge on any atom is -0.475 e. The van der Waals surface area contributed by atoms with E-state index in [1.165, 1.54) is 0 Å². The third kappa shape index (κ3) is 1.45. The molecular weight excluding hydrogens is 158 g/mol. The molecule has 1 aromatic rings. The molecule has 5 heteroatoms. The van der Waals surface area contributed by atoms with E-state index in [0.29, 0.717) is 6.54 Å². The molecule has 1 rings (SSSR count). The molecule has 0 radical (unpaired) electrons. The maximum Gasteiger partial charge on any atom is 0.372 e. The standard InChI is InChI=1S/C7H11N3O2/c1-8-3-5-4-9-6(7(11)12)10(5)2/h4,8H,3H2,1-2H3,(H,11,12). The van der Waals surface area contributed by atoms with Gasteiger partial charge in [0.15, 0.2) is 0 Å². The lowest BCUT2D eigenvalue weighted by Crippen LogP contribution is -2.12. The van der Waals surface area contributed by atoms with Crippen LogP contribution in [0.2, 0.25) is 0 Å². The van der Waals surface area contributed by atoms with E-state index >= 15 is 0 Å². The van der Waals surface area contributed by atoms with Gasteiger partial charge in [0.2, 0.25) is 5.82 Å². The molecule has 12 heavy (non-hydrogen) atoms. The zero-order valence-electron chi connectivity index (χ0n) is 7.03. The van der Waals surface area contributed by atoms with Gasteiger partial charge in [0.25, 0.3) is 0 Å². The van der Waals surface area contributed by atoms with Crippen molar-refractivity contribution >= 4 is 5.97 Å². The van der Waals surface area contributed by atoms with Crippen LogP contribution >= 0.6 is 0 Å². The lowest BCUT2D eigenvalue weighted by Gasteiger charge is -2.01. The van der Waals surface area contributed by atoms with Crippen molar-refractivity contribution in [3.63, 3.8) is 0 Å². The van der Waals surface area contributed by atoms with Gasteiger partial charge in [0.1, 0.15) is 0 Å². The molecule has 0 unspecified atom stereocenters. The number of nitrogens with one attached hydrogen (secondary N) is 1. The fraction of sp³-hybridized carbons (Fsp3) is 0.429. The van der Waals surface area contributed by atoms with Gasteiger partial charge in [-0.05, 0) is 7.05 Å². The molecule has 0 saturated carbocycles. The van der Waals surface area contributed by atoms with Gasteiger partial charge in [0, 0.05) is 13.6 Å². The fourth-order valence-electron chi connectivity index (χ4n) is 0.989. The van der Waals surface area contributed by atoms with Gasteiger partial charge < -0.3 is 15.0 Å². The third-order valence-electron chi connectivity index (χ3n) is 1.63. The summed E-state index contributed by atoms with van der Waals surface area (Å²) in [5.74, 6) is -0.930. The molecule has 0 aromatic carbocycles. The van der Waals surface area contributed by atoms with Crippen LogP contribution in [0.5, 0.6) is 0 Å². The minimum atomic E-state index is -1.00. The number of aromatic carboxylic acids is 1. The van der Waals surface area contributed by atoms with Crippen LogP contribution in [-0.4, -0.2) is 27.7 Å². The summed E-state index contributed by atoms with van der Waals surface area (Å²) in [6.45, 7) is 0.622. The molecule has 1 aromatic heterocycles. The second-order valence-electron chi connectivity index (χ2n) is 2.47. The van der Waals surface area contributed by atoms with Crippen molar-refractivity contribution in [1.29, 1.82) is 0 Å². The number of carboxylic acids is 1. The molecule has 0 aliphatic carbocycles. The molecular formula is C7H11N3O2. The van der Waals surface area contributed by atoms with Crippen LogP contribution in [0.25, 0.3) is 0 Å². The highest BCUT2D eigenvalue weighted by atomic mass is 16.4. The largest absolute Gasteiger partial charge is 0.475 e. The first-order valence-electron chi connectivity index (χ1n) is 3.55. The highest BCUT2D eigenvalue weighted by molar-refractivity contribution is 5.83. The molecule has 0 atom stereocenters. The summed E-state index contributed by atoms with van der Waals surface area (Å²) in [5, 5.41) is 11.6. The molecule has 0 fully saturated rings. The minimum absolute atomic E-state index is 0.0697. The van der Waals surface area contributed by atoms with Crippen molar-refractivity contribution < 1.29 is 9.90 Å². The average Bonchev–Trinajstić information content (AvgIpc) is 2.34. The van der Waals surface area contributed by atoms with Crippen LogP contribution in [-0.2, 0) is 13.6 Å². The Labute approximate surface area is 70.0 Å². The van der Waals surface area contributed by atoms with E-state index in [2.05, 4.69) is 10.3 Å². The number of rotatable bonds is 3. The summed E-state index contributed by atoms with van der Waals surface area (Å²) in [6, 6.07) is 0. The third-order valence-corrected chi connectivity index (χ3v) is 1.63. The van der Waals surface area contributed by atoms with Crippen molar-refractivity contribution in [2.75, 3.05) is 7.05 Å². The number of hydrogen-bond donors (Lipinski definition) is 2. The molecule has 2 N–H and O–H groups in total. The van der Waals surface area contributed by atoms with Crippen molar-refractivity contribution in [2.45, 2.75) is 6.54 Å². The molecule has 66 valence electrons. The van der Waals surface area contributed by atoms with Crippen LogP contribution in [0.15, 0.2) is 6.20 Å². The topological polar surface area (TPSA) is 67.2 Å². The highest BCUT2D eigenvalue weighted by Crippen LogP contribution is 2.01. The van der Waals surface area contributed by atoms with Crippen LogP contribution in [0.4, 0.5) is 0 Å². The Hall–Kier alpha value is -1.36. The van der Waals surface area contributed by atoms with E-state index < -0.39 is 5.97 Å². The van der Waals surface area contributed by atoms with Crippen molar-refractivity contribution in [2.24, 2.45) is 7.05 Å². The zero-order valence-corrected chi connectivity index (χ0v) is 7.03. The quantitative estimate of drug-likeness (QED) is 0.659. The highest BCUT2D eigenvalue weighted by Gasteiger charge is 2.11. The normalized spacial score (nSPS) is 10.2. The van der Waals surface area contributed by atoms with Crippen molar-refractivity contribution in [3.05, 3.63) is 17.7 Å². The molecule has 0 aliphatic rings. The lowest BCUT2D eigenvalue weighted by molar-refractivity contribution is 0.0679. The second kappa shape index (κ2) is 3.36. The molecule has 1 heterocycles. The van der Waals surface area contributed by atoms with Crippen LogP contribution in [0.3, 0.4) is 0 Å². The van der Waals surface area contributed by atoms with Gasteiger partial charge in [-0.25, -0.2) is 9.78 Å². The van der Waals surface area contributed by atoms with Crippen molar-refractivity contribution in [1.82, 2.24) is 14.9 Å². The zero-order chi connectivity index (χ0) is 9.14. The number of carbonyl (C=O) groups is 1. The fourth-order valence-corrected chi connectivity index (χ4v) is 0.989. The maximum atomic E-state index is 10.5. The molecule has 5 nitrogen and oxygen atoms in total. The Morgan fingerprint density at radius 1 is 1.83 bits per heavy atom. The van der Waals surface area contributed by atoms with Crippen LogP contribution in [0, 0.1) is 0 Å². The molecule has 0 saturated heterocycles. The monoisotopic (exact) mass is 169 g/mol. The van der Waals surface area contributed by atoms with E-state index in [-0.39, 0.29) is 5.82 Å². The number of carboxylic acid groups (broad SMARTS) is 1. The van der Waals surface area contributed by atoms with Crippen molar-refractivity contribution in [3.8, 4) is 0 Å². The van der Waals surface area contributed by atoms with Crippen LogP contribution < -0.4 is 5.32 Å². The first kappa shape index (κ1) is 8.73. The maximum absolute atomic E-state index is 10.5. The summed E-state index contributed by atoms with van der Waals surface area (Å²) < 4.78 is 1.55. The summed E-state index contributed by atoms with van der Waals surface area (Å²) in [5.41, 5.74) is 0.856. The van der Waals surface area contributed by atoms with E-state index in [1.54, 1.807) is 24.9 Å². The predicted octanol–water partition coefficient (Wildman–Crippen LogP) is -0.162. The Morgan fingerprint density at radius 3 is 2.92 bits per heavy atom. The first-order valence-corrected chi connectivity index (χ1v) is 3.55. The Balaban J connectivity index is 2.96. The Morgan fingerprint density at radius 2 is 2.50 bits per heavy atom. The number of hydrogen-bond acceptors (Lipinski definition) is 3. The predicted molar refractivity (Wildman–Crippen MR) is 42.9 cm³/mol. The number of aromatic nitrogens is 2. The van der Waals surface area contributed by atoms with E-state index in [1.807, 2.05) is 0 Å². The molecule has 0 spiro atoms. The summed E-state index contributed by atoms with van der Waals surface area (Å²) in [4.78, 5) is 14.3. The van der Waals surface area contributed by atoms with E-state index in [9.17, 15) is 4.79 Å². The Bertz CT molecular complexity index is 293. The Kier molecular flexibility index (Phi) is 2.44. The van der Waals surface area contributed by atoms with Gasteiger partial charge in [-0.3, -0.25) is 0 Å².